The first-order valence-corrected chi connectivity index (χ1v) is 9.26. The molecule has 2 heterocycles. The first kappa shape index (κ1) is 16.4. The Balaban J connectivity index is 1.72. The molecule has 2 aromatic heterocycles. The van der Waals surface area contributed by atoms with Crippen LogP contribution >= 0.6 is 0 Å². The van der Waals surface area contributed by atoms with Crippen molar-refractivity contribution in [2.24, 2.45) is 0 Å². The zero-order valence-corrected chi connectivity index (χ0v) is 15.2. The largest absolute Gasteiger partial charge is 0.311 e. The maximum atomic E-state index is 4.88. The lowest BCUT2D eigenvalue weighted by molar-refractivity contribution is 0.814. The molecule has 0 atom stereocenters. The minimum atomic E-state index is 0.710. The predicted octanol–water partition coefficient (Wildman–Crippen LogP) is 5.21. The van der Waals surface area contributed by atoms with Crippen LogP contribution in [0.1, 0.15) is 5.56 Å². The number of hydrogen-bond acceptors (Lipinski definition) is 3. The highest BCUT2D eigenvalue weighted by atomic mass is 15.1. The Morgan fingerprint density at radius 1 is 0.643 bits per heavy atom. The van der Waals surface area contributed by atoms with E-state index >= 15 is 0 Å². The number of benzene rings is 3. The van der Waals surface area contributed by atoms with Crippen molar-refractivity contribution in [1.82, 2.24) is 19.5 Å². The second-order valence-electron chi connectivity index (χ2n) is 6.66. The molecule has 0 fully saturated rings. The third kappa shape index (κ3) is 3.05. The Morgan fingerprint density at radius 3 is 1.93 bits per heavy atom. The van der Waals surface area contributed by atoms with Crippen LogP contribution in [0.25, 0.3) is 33.8 Å². The van der Waals surface area contributed by atoms with Gasteiger partial charge in [0, 0.05) is 11.1 Å². The molecule has 0 aliphatic rings. The molecule has 0 saturated heterocycles. The van der Waals surface area contributed by atoms with E-state index in [2.05, 4.69) is 33.8 Å². The summed E-state index contributed by atoms with van der Waals surface area (Å²) in [5, 5.41) is 0. The van der Waals surface area contributed by atoms with Gasteiger partial charge in [0.1, 0.15) is 11.2 Å². The molecule has 0 N–H and O–H groups in total. The van der Waals surface area contributed by atoms with Gasteiger partial charge >= 0.3 is 0 Å². The van der Waals surface area contributed by atoms with Gasteiger partial charge in [-0.3, -0.25) is 0 Å². The highest BCUT2D eigenvalue weighted by Gasteiger charge is 2.15. The fourth-order valence-corrected chi connectivity index (χ4v) is 3.35. The van der Waals surface area contributed by atoms with Crippen LogP contribution in [0.5, 0.6) is 0 Å². The predicted molar refractivity (Wildman–Crippen MR) is 112 cm³/mol. The van der Waals surface area contributed by atoms with Gasteiger partial charge < -0.3 is 4.57 Å². The Morgan fingerprint density at radius 2 is 1.25 bits per heavy atom. The zero-order chi connectivity index (χ0) is 18.8. The molecule has 0 unspecified atom stereocenters. The molecular weight excluding hydrogens is 344 g/mol. The molecular formula is C24H18N4. The van der Waals surface area contributed by atoms with E-state index in [4.69, 9.17) is 9.97 Å². The lowest BCUT2D eigenvalue weighted by Gasteiger charge is -2.08. The maximum absolute atomic E-state index is 4.88. The SMILES string of the molecule is c1ccc(Cn2cnc3c(-c4ccccc4)nc(-c4ccccc4)nc32)cc1. The maximum Gasteiger partial charge on any atom is 0.164 e. The topological polar surface area (TPSA) is 43.6 Å². The first-order valence-electron chi connectivity index (χ1n) is 9.26. The van der Waals surface area contributed by atoms with Crippen molar-refractivity contribution in [2.75, 3.05) is 0 Å². The summed E-state index contributed by atoms with van der Waals surface area (Å²) < 4.78 is 2.09. The van der Waals surface area contributed by atoms with Crippen LogP contribution in [0.3, 0.4) is 0 Å². The monoisotopic (exact) mass is 362 g/mol. The van der Waals surface area contributed by atoms with E-state index in [1.165, 1.54) is 5.56 Å². The van der Waals surface area contributed by atoms with E-state index in [1.807, 2.05) is 73.1 Å². The van der Waals surface area contributed by atoms with Gasteiger partial charge in [-0.2, -0.15) is 0 Å². The van der Waals surface area contributed by atoms with Gasteiger partial charge in [-0.05, 0) is 5.56 Å². The van der Waals surface area contributed by atoms with Gasteiger partial charge in [-0.1, -0.05) is 91.0 Å². The highest BCUT2D eigenvalue weighted by molar-refractivity contribution is 5.89. The average molecular weight is 362 g/mol. The summed E-state index contributed by atoms with van der Waals surface area (Å²) in [6.45, 7) is 0.719. The second-order valence-corrected chi connectivity index (χ2v) is 6.66. The molecule has 28 heavy (non-hydrogen) atoms. The molecule has 4 heteroatoms. The molecule has 0 spiro atoms. The lowest BCUT2D eigenvalue weighted by Crippen LogP contribution is -2.01. The summed E-state index contributed by atoms with van der Waals surface area (Å²) in [4.78, 5) is 14.4. The quantitative estimate of drug-likeness (QED) is 0.441. The minimum absolute atomic E-state index is 0.710. The average Bonchev–Trinajstić information content (AvgIpc) is 3.18. The van der Waals surface area contributed by atoms with E-state index in [9.17, 15) is 0 Å². The molecule has 0 radical (unpaired) electrons. The van der Waals surface area contributed by atoms with Gasteiger partial charge in [0.15, 0.2) is 11.5 Å². The van der Waals surface area contributed by atoms with Crippen LogP contribution in [0, 0.1) is 0 Å². The molecule has 0 aliphatic heterocycles. The number of rotatable bonds is 4. The van der Waals surface area contributed by atoms with Gasteiger partial charge in [0.2, 0.25) is 0 Å². The van der Waals surface area contributed by atoms with E-state index in [0.29, 0.717) is 5.82 Å². The van der Waals surface area contributed by atoms with Crippen molar-refractivity contribution in [3.05, 3.63) is 103 Å². The molecule has 0 amide bonds. The summed E-state index contributed by atoms with van der Waals surface area (Å²) in [5.41, 5.74) is 5.77. The van der Waals surface area contributed by atoms with Crippen LogP contribution in [-0.2, 0) is 6.54 Å². The summed E-state index contributed by atoms with van der Waals surface area (Å²) in [7, 11) is 0. The first-order chi connectivity index (χ1) is 13.9. The summed E-state index contributed by atoms with van der Waals surface area (Å²) >= 11 is 0. The fourth-order valence-electron chi connectivity index (χ4n) is 3.35. The summed E-state index contributed by atoms with van der Waals surface area (Å²) in [6, 6.07) is 30.6. The highest BCUT2D eigenvalue weighted by Crippen LogP contribution is 2.28. The van der Waals surface area contributed by atoms with Gasteiger partial charge in [0.25, 0.3) is 0 Å². The van der Waals surface area contributed by atoms with Crippen molar-refractivity contribution in [3.8, 4) is 22.6 Å². The normalized spacial score (nSPS) is 11.0. The number of fused-ring (bicyclic) bond motifs is 1. The standard InChI is InChI=1S/C24H18N4/c1-4-10-18(11-5-1)16-28-17-25-22-21(19-12-6-2-7-13-19)26-23(27-24(22)28)20-14-8-3-9-15-20/h1-15,17H,16H2. The Labute approximate surface area is 163 Å². The van der Waals surface area contributed by atoms with E-state index in [-0.39, 0.29) is 0 Å². The van der Waals surface area contributed by atoms with Crippen LogP contribution in [0.4, 0.5) is 0 Å². The van der Waals surface area contributed by atoms with Crippen molar-refractivity contribution < 1.29 is 0 Å². The number of aromatic nitrogens is 4. The smallest absolute Gasteiger partial charge is 0.164 e. The van der Waals surface area contributed by atoms with Gasteiger partial charge in [-0.15, -0.1) is 0 Å². The van der Waals surface area contributed by atoms with Crippen LogP contribution in [0.15, 0.2) is 97.3 Å². The van der Waals surface area contributed by atoms with Crippen molar-refractivity contribution in [3.63, 3.8) is 0 Å². The fraction of sp³-hybridized carbons (Fsp3) is 0.0417. The summed E-state index contributed by atoms with van der Waals surface area (Å²) in [5.74, 6) is 0.710. The van der Waals surface area contributed by atoms with E-state index in [0.717, 1.165) is 34.5 Å². The van der Waals surface area contributed by atoms with Crippen molar-refractivity contribution >= 4 is 11.2 Å². The molecule has 0 saturated carbocycles. The van der Waals surface area contributed by atoms with Gasteiger partial charge in [0.05, 0.1) is 12.9 Å². The minimum Gasteiger partial charge on any atom is -0.311 e. The van der Waals surface area contributed by atoms with E-state index in [1.54, 1.807) is 0 Å². The number of imidazole rings is 1. The molecule has 4 nitrogen and oxygen atoms in total. The molecule has 3 aromatic carbocycles. The second kappa shape index (κ2) is 7.08. The zero-order valence-electron chi connectivity index (χ0n) is 15.2. The van der Waals surface area contributed by atoms with Gasteiger partial charge in [-0.25, -0.2) is 15.0 Å². The Bertz CT molecular complexity index is 1210. The van der Waals surface area contributed by atoms with Crippen molar-refractivity contribution in [1.29, 1.82) is 0 Å². The molecule has 134 valence electrons. The van der Waals surface area contributed by atoms with E-state index < -0.39 is 0 Å². The lowest BCUT2D eigenvalue weighted by atomic mass is 10.1. The number of hydrogen-bond donors (Lipinski definition) is 0. The van der Waals surface area contributed by atoms with Crippen molar-refractivity contribution in [2.45, 2.75) is 6.54 Å². The third-order valence-electron chi connectivity index (χ3n) is 4.74. The van der Waals surface area contributed by atoms with Crippen LogP contribution < -0.4 is 0 Å². The molecule has 5 aromatic rings. The Kier molecular flexibility index (Phi) is 4.14. The molecule has 0 aliphatic carbocycles. The summed E-state index contributed by atoms with van der Waals surface area (Å²) in [6.07, 6.45) is 1.85. The molecule has 0 bridgehead atoms. The van der Waals surface area contributed by atoms with Crippen LogP contribution in [-0.4, -0.2) is 19.5 Å². The Hall–Kier alpha value is -3.79. The molecule has 5 rings (SSSR count). The number of nitrogens with zero attached hydrogens (tertiary/aromatic N) is 4. The van der Waals surface area contributed by atoms with Crippen LogP contribution in [0.2, 0.25) is 0 Å². The third-order valence-corrected chi connectivity index (χ3v) is 4.74.